The number of phenolic OH excluding ortho intramolecular Hbond substituents is 1. The SMILES string of the molecule is O=c1c2cnn(-c3ccccc3)c2ncn1/N=C\c1cc(Cl)cc([N+](=O)[O-])c1O. The first-order chi connectivity index (χ1) is 14.0. The van der Waals surface area contributed by atoms with E-state index in [1.807, 2.05) is 30.3 Å². The van der Waals surface area contributed by atoms with Crippen LogP contribution < -0.4 is 5.56 Å². The number of aromatic hydroxyl groups is 1. The number of fused-ring (bicyclic) bond motifs is 1. The third-order valence-electron chi connectivity index (χ3n) is 4.07. The fraction of sp³-hybridized carbons (Fsp3) is 0. The maximum Gasteiger partial charge on any atom is 0.312 e. The number of nitrogens with zero attached hydrogens (tertiary/aromatic N) is 6. The highest BCUT2D eigenvalue weighted by atomic mass is 35.5. The second kappa shape index (κ2) is 7.17. The molecule has 2 aromatic heterocycles. The predicted molar refractivity (Wildman–Crippen MR) is 106 cm³/mol. The fourth-order valence-electron chi connectivity index (χ4n) is 2.71. The van der Waals surface area contributed by atoms with Crippen LogP contribution in [-0.2, 0) is 0 Å². The molecule has 4 aromatic rings. The maximum atomic E-state index is 12.7. The van der Waals surface area contributed by atoms with Crippen LogP contribution in [0.3, 0.4) is 0 Å². The van der Waals surface area contributed by atoms with E-state index in [1.165, 1.54) is 23.3 Å². The average molecular weight is 411 g/mol. The zero-order valence-electron chi connectivity index (χ0n) is 14.5. The van der Waals surface area contributed by atoms with E-state index in [-0.39, 0.29) is 16.0 Å². The molecule has 4 rings (SSSR count). The lowest BCUT2D eigenvalue weighted by atomic mass is 10.2. The Labute approximate surface area is 167 Å². The first kappa shape index (κ1) is 18.3. The average Bonchev–Trinajstić information content (AvgIpc) is 3.15. The van der Waals surface area contributed by atoms with E-state index < -0.39 is 21.9 Å². The molecule has 11 heteroatoms. The van der Waals surface area contributed by atoms with E-state index >= 15 is 0 Å². The van der Waals surface area contributed by atoms with Gasteiger partial charge in [0.2, 0.25) is 5.75 Å². The Bertz CT molecular complexity index is 1330. The van der Waals surface area contributed by atoms with Crippen LogP contribution in [0.5, 0.6) is 5.75 Å². The quantitative estimate of drug-likeness (QED) is 0.313. The highest BCUT2D eigenvalue weighted by Crippen LogP contribution is 2.32. The molecule has 2 aromatic carbocycles. The van der Waals surface area contributed by atoms with Crippen LogP contribution in [-0.4, -0.2) is 35.7 Å². The molecule has 0 amide bonds. The molecule has 10 nitrogen and oxygen atoms in total. The molecule has 0 fully saturated rings. The van der Waals surface area contributed by atoms with E-state index in [9.17, 15) is 20.0 Å². The molecule has 0 radical (unpaired) electrons. The number of benzene rings is 2. The molecule has 0 atom stereocenters. The summed E-state index contributed by atoms with van der Waals surface area (Å²) in [6, 6.07) is 11.5. The van der Waals surface area contributed by atoms with E-state index in [2.05, 4.69) is 15.2 Å². The van der Waals surface area contributed by atoms with Crippen LogP contribution in [0.2, 0.25) is 5.02 Å². The number of rotatable bonds is 4. The zero-order valence-corrected chi connectivity index (χ0v) is 15.3. The van der Waals surface area contributed by atoms with Gasteiger partial charge in [0.05, 0.1) is 23.0 Å². The minimum atomic E-state index is -0.768. The standard InChI is InChI=1S/C18H11ClN6O4/c19-12-6-11(16(26)15(7-12)25(28)29)8-21-23-10-20-17-14(18(23)27)9-22-24(17)13-4-2-1-3-5-13/h1-10,26H/b21-8-. The Kier molecular flexibility index (Phi) is 4.53. The van der Waals surface area contributed by atoms with Crippen LogP contribution in [0, 0.1) is 10.1 Å². The number of nitro groups is 1. The Morgan fingerprint density at radius 1 is 1.24 bits per heavy atom. The van der Waals surface area contributed by atoms with Crippen LogP contribution >= 0.6 is 11.6 Å². The lowest BCUT2D eigenvalue weighted by molar-refractivity contribution is -0.385. The molecule has 1 N–H and O–H groups in total. The van der Waals surface area contributed by atoms with Crippen LogP contribution in [0.4, 0.5) is 5.69 Å². The number of halogens is 1. The Balaban J connectivity index is 1.76. The topological polar surface area (TPSA) is 128 Å². The van der Waals surface area contributed by atoms with Gasteiger partial charge in [-0.05, 0) is 18.2 Å². The van der Waals surface area contributed by atoms with Crippen molar-refractivity contribution in [3.63, 3.8) is 0 Å². The van der Waals surface area contributed by atoms with Crippen molar-refractivity contribution in [1.29, 1.82) is 0 Å². The predicted octanol–water partition coefficient (Wildman–Crippen LogP) is 2.73. The highest BCUT2D eigenvalue weighted by Gasteiger charge is 2.18. The summed E-state index contributed by atoms with van der Waals surface area (Å²) in [6.45, 7) is 0. The first-order valence-electron chi connectivity index (χ1n) is 8.18. The van der Waals surface area contributed by atoms with E-state index in [1.54, 1.807) is 0 Å². The van der Waals surface area contributed by atoms with E-state index in [0.717, 1.165) is 22.6 Å². The second-order valence-corrected chi connectivity index (χ2v) is 6.32. The molecule has 0 aliphatic carbocycles. The van der Waals surface area contributed by atoms with Gasteiger partial charge in [-0.25, -0.2) is 9.67 Å². The van der Waals surface area contributed by atoms with Crippen molar-refractivity contribution in [2.24, 2.45) is 5.10 Å². The summed E-state index contributed by atoms with van der Waals surface area (Å²) in [4.78, 5) is 27.1. The molecule has 0 aliphatic rings. The van der Waals surface area contributed by atoms with Crippen LogP contribution in [0.1, 0.15) is 5.56 Å². The summed E-state index contributed by atoms with van der Waals surface area (Å²) in [7, 11) is 0. The van der Waals surface area contributed by atoms with Crippen LogP contribution in [0.25, 0.3) is 16.7 Å². The third-order valence-corrected chi connectivity index (χ3v) is 4.29. The molecular formula is C18H11ClN6O4. The van der Waals surface area contributed by atoms with Gasteiger partial charge >= 0.3 is 5.69 Å². The summed E-state index contributed by atoms with van der Waals surface area (Å²) in [6.07, 6.45) is 3.66. The van der Waals surface area contributed by atoms with Crippen LogP contribution in [0.15, 0.2) is 64.9 Å². The Hall–Kier alpha value is -4.05. The minimum Gasteiger partial charge on any atom is -0.502 e. The van der Waals surface area contributed by atoms with Crippen molar-refractivity contribution in [2.45, 2.75) is 0 Å². The molecule has 0 saturated heterocycles. The number of phenols is 1. The Morgan fingerprint density at radius 2 is 2.00 bits per heavy atom. The summed E-state index contributed by atoms with van der Waals surface area (Å²) >= 11 is 5.85. The fourth-order valence-corrected chi connectivity index (χ4v) is 2.93. The number of nitro benzene ring substituents is 1. The van der Waals surface area contributed by atoms with Gasteiger partial charge in [0.25, 0.3) is 5.56 Å². The molecule has 0 unspecified atom stereocenters. The van der Waals surface area contributed by atoms with Gasteiger partial charge < -0.3 is 5.11 Å². The van der Waals surface area contributed by atoms with Gasteiger partial charge in [-0.1, -0.05) is 29.8 Å². The molecule has 0 bridgehead atoms. The third kappa shape index (κ3) is 3.32. The summed E-state index contributed by atoms with van der Waals surface area (Å²) in [5.41, 5.74) is 0.0188. The molecule has 0 spiro atoms. The summed E-state index contributed by atoms with van der Waals surface area (Å²) in [5.74, 6) is -0.609. The van der Waals surface area contributed by atoms with Gasteiger partial charge in [-0.15, -0.1) is 0 Å². The summed E-state index contributed by atoms with van der Waals surface area (Å²) < 4.78 is 2.46. The van der Waals surface area contributed by atoms with Crippen molar-refractivity contribution in [3.05, 3.63) is 86.0 Å². The highest BCUT2D eigenvalue weighted by molar-refractivity contribution is 6.31. The molecule has 0 aliphatic heterocycles. The lowest BCUT2D eigenvalue weighted by Crippen LogP contribution is -2.17. The Morgan fingerprint density at radius 3 is 2.72 bits per heavy atom. The zero-order chi connectivity index (χ0) is 20.5. The molecule has 0 saturated carbocycles. The smallest absolute Gasteiger partial charge is 0.312 e. The summed E-state index contributed by atoms with van der Waals surface area (Å²) in [5, 5.41) is 29.4. The van der Waals surface area contributed by atoms with E-state index in [0.29, 0.717) is 5.65 Å². The van der Waals surface area contributed by atoms with Crippen molar-refractivity contribution >= 4 is 34.5 Å². The van der Waals surface area contributed by atoms with Crippen molar-refractivity contribution in [3.8, 4) is 11.4 Å². The minimum absolute atomic E-state index is 0.0174. The van der Waals surface area contributed by atoms with Crippen molar-refractivity contribution < 1.29 is 10.0 Å². The molecule has 29 heavy (non-hydrogen) atoms. The van der Waals surface area contributed by atoms with Gasteiger partial charge in [-0.2, -0.15) is 14.9 Å². The van der Waals surface area contributed by atoms with Gasteiger partial charge in [0.15, 0.2) is 5.65 Å². The largest absolute Gasteiger partial charge is 0.502 e. The number of aromatic nitrogens is 4. The second-order valence-electron chi connectivity index (χ2n) is 5.89. The van der Waals surface area contributed by atoms with E-state index in [4.69, 9.17) is 11.6 Å². The molecule has 2 heterocycles. The number of hydrogen-bond acceptors (Lipinski definition) is 7. The van der Waals surface area contributed by atoms with Crippen molar-refractivity contribution in [1.82, 2.24) is 19.4 Å². The van der Waals surface area contributed by atoms with Gasteiger partial charge in [0, 0.05) is 16.7 Å². The van der Waals surface area contributed by atoms with Gasteiger partial charge in [-0.3, -0.25) is 14.9 Å². The number of hydrogen-bond donors (Lipinski definition) is 1. The lowest BCUT2D eigenvalue weighted by Gasteiger charge is -2.03. The molecular weight excluding hydrogens is 400 g/mol. The maximum absolute atomic E-state index is 12.7. The van der Waals surface area contributed by atoms with Gasteiger partial charge in [0.1, 0.15) is 11.7 Å². The normalized spacial score (nSPS) is 11.3. The molecule has 144 valence electrons. The monoisotopic (exact) mass is 410 g/mol. The number of para-hydroxylation sites is 1. The first-order valence-corrected chi connectivity index (χ1v) is 8.55. The van der Waals surface area contributed by atoms with Crippen molar-refractivity contribution in [2.75, 3.05) is 0 Å².